The molecule has 2 aliphatic carbocycles. The van der Waals surface area contributed by atoms with E-state index in [2.05, 4.69) is 59.9 Å². The molecule has 14 heteroatoms. The van der Waals surface area contributed by atoms with Gasteiger partial charge in [-0.05, 0) is 105 Å². The number of likely N-dealkylation sites (N-methyl/N-ethyl adjacent to an activating group) is 2. The molecule has 2 saturated carbocycles. The molecule has 2 fully saturated rings. The lowest BCUT2D eigenvalue weighted by atomic mass is 9.83. The first-order chi connectivity index (χ1) is 31.7. The van der Waals surface area contributed by atoms with Gasteiger partial charge in [0.2, 0.25) is 11.8 Å². The van der Waals surface area contributed by atoms with Crippen LogP contribution in [0, 0.1) is 37.0 Å². The maximum atomic E-state index is 12.7. The van der Waals surface area contributed by atoms with Gasteiger partial charge in [0.15, 0.2) is 0 Å². The third-order valence-electron chi connectivity index (χ3n) is 13.0. The largest absolute Gasteiger partial charge is 0.366 e. The number of nitrogens with two attached hydrogens (primary N) is 2. The fraction of sp³-hybridized carbons (Fsp3) is 0.500. The van der Waals surface area contributed by atoms with E-state index in [1.807, 2.05) is 24.3 Å². The third kappa shape index (κ3) is 19.2. The summed E-state index contributed by atoms with van der Waals surface area (Å²) >= 11 is 18.4. The lowest BCUT2D eigenvalue weighted by Gasteiger charge is -2.44. The van der Waals surface area contributed by atoms with Crippen LogP contribution in [0.15, 0.2) is 48.5 Å². The maximum absolute atomic E-state index is 12.7. The number of rotatable bonds is 15. The number of nitrogens with zero attached hydrogens (tertiary/aromatic N) is 2. The standard InChI is InChI=1S/C24H29ClN2O2S.C19H21ClN2O2S.C5H9Br.C3H4.C2H2.3CH4.ClH/c1-2-27(14-17-4-3-5-17)11-10-20-22(15-27)30-21(23(20)24(26)29)13-19(28)12-16-6-8-18(25)9-7-16;1-2-22-8-7-15-17(11-22)25-16(18(15)19(21)24)10-14(23)9-12-3-5-13(20)6-4-12;6-4-5-2-1-3-5;1-3-2;1-2;;;;/h6-9,17H,2-5,10-15H2,1H3,(H-,26,29);3-6H,2,7-11H2,1H3,(H2,21,24);5H,1-4H2;1H,2H3;1-2H;3*1H4;1H/p+1. The van der Waals surface area contributed by atoms with E-state index in [4.69, 9.17) is 34.7 Å². The Bertz CT molecular complexity index is 2310. The second-order valence-corrected chi connectivity index (χ2v) is 21.4. The van der Waals surface area contributed by atoms with Gasteiger partial charge in [-0.3, -0.25) is 24.1 Å². The molecule has 2 amide bonds. The molecule has 0 bridgehead atoms. The Hall–Kier alpha value is -3.49. The molecule has 4 aliphatic rings. The number of benzene rings is 2. The summed E-state index contributed by atoms with van der Waals surface area (Å²) in [6.07, 6.45) is 24.0. The molecule has 4 N–H and O–H groups in total. The predicted octanol–water partition coefficient (Wildman–Crippen LogP) is 13.2. The molecule has 0 radical (unpaired) electrons. The van der Waals surface area contributed by atoms with Crippen molar-refractivity contribution in [2.24, 2.45) is 23.3 Å². The van der Waals surface area contributed by atoms with E-state index < -0.39 is 11.8 Å². The number of quaternary nitrogens is 1. The van der Waals surface area contributed by atoms with Crippen molar-refractivity contribution < 1.29 is 23.7 Å². The zero-order valence-electron chi connectivity index (χ0n) is 39.2. The number of hydrogen-bond acceptors (Lipinski definition) is 7. The van der Waals surface area contributed by atoms with E-state index in [0.717, 1.165) is 100 Å². The molecule has 2 aromatic heterocycles. The monoisotopic (exact) mass is 1120 g/mol. The molecule has 8 nitrogen and oxygen atoms in total. The zero-order chi connectivity index (χ0) is 48.4. The molecule has 8 rings (SSSR count). The average Bonchev–Trinajstić information content (AvgIpc) is 3.81. The van der Waals surface area contributed by atoms with Crippen molar-refractivity contribution in [2.45, 2.75) is 133 Å². The fourth-order valence-electron chi connectivity index (χ4n) is 8.87. The Labute approximate surface area is 454 Å². The molecule has 4 aromatic rings. The molecule has 70 heavy (non-hydrogen) atoms. The van der Waals surface area contributed by atoms with Gasteiger partial charge in [-0.1, -0.05) is 105 Å². The van der Waals surface area contributed by atoms with Crippen LogP contribution in [0.3, 0.4) is 0 Å². The van der Waals surface area contributed by atoms with Crippen LogP contribution in [0.5, 0.6) is 0 Å². The fourth-order valence-corrected chi connectivity index (χ4v) is 12.7. The lowest BCUT2D eigenvalue weighted by Crippen LogP contribution is -2.54. The normalized spacial score (nSPS) is 16.3. The van der Waals surface area contributed by atoms with Crippen molar-refractivity contribution in [3.8, 4) is 25.2 Å². The number of carbonyl (C=O) groups excluding carboxylic acids is 4. The van der Waals surface area contributed by atoms with Crippen LogP contribution in [0.1, 0.15) is 144 Å². The first kappa shape index (κ1) is 66.5. The second kappa shape index (κ2) is 33.3. The average molecular weight is 1120 g/mol. The van der Waals surface area contributed by atoms with E-state index in [9.17, 15) is 19.2 Å². The van der Waals surface area contributed by atoms with Crippen LogP contribution in [-0.2, 0) is 61.2 Å². The minimum absolute atomic E-state index is 0. The third-order valence-corrected chi connectivity index (χ3v) is 16.8. The summed E-state index contributed by atoms with van der Waals surface area (Å²) in [4.78, 5) is 55.9. The molecular formula is C56H79BrCl3N4O4S2+. The summed E-state index contributed by atoms with van der Waals surface area (Å²) in [5, 5.41) is 2.54. The topological polar surface area (TPSA) is 124 Å². The number of thiophene rings is 2. The molecule has 2 aliphatic heterocycles. The van der Waals surface area contributed by atoms with Crippen LogP contribution in [0.2, 0.25) is 10.0 Å². The number of terminal acetylenes is 2. The molecule has 0 spiro atoms. The number of halogens is 4. The number of hydrogen-bond donors (Lipinski definition) is 2. The van der Waals surface area contributed by atoms with Crippen molar-refractivity contribution >= 4 is 97.6 Å². The van der Waals surface area contributed by atoms with Crippen molar-refractivity contribution in [2.75, 3.05) is 38.1 Å². The smallest absolute Gasteiger partial charge is 0.250 e. The summed E-state index contributed by atoms with van der Waals surface area (Å²) in [6, 6.07) is 14.6. The number of fused-ring (bicyclic) bond motifs is 2. The first-order valence-corrected chi connectivity index (χ1v) is 26.5. The minimum atomic E-state index is -0.420. The Kier molecular flexibility index (Phi) is 31.6. The Morgan fingerprint density at radius 3 is 1.53 bits per heavy atom. The molecule has 4 heterocycles. The van der Waals surface area contributed by atoms with Gasteiger partial charge in [0.25, 0.3) is 0 Å². The van der Waals surface area contributed by atoms with Gasteiger partial charge in [-0.15, -0.1) is 60.3 Å². The molecule has 1 atom stereocenters. The summed E-state index contributed by atoms with van der Waals surface area (Å²) in [6.45, 7) is 13.2. The van der Waals surface area contributed by atoms with Gasteiger partial charge in [-0.2, -0.15) is 0 Å². The maximum Gasteiger partial charge on any atom is 0.250 e. The molecule has 0 saturated heterocycles. The quantitative estimate of drug-likeness (QED) is 0.0697. The van der Waals surface area contributed by atoms with E-state index in [1.165, 1.54) is 60.2 Å². The number of carbonyl (C=O) groups is 4. The zero-order valence-corrected chi connectivity index (χ0v) is 44.7. The second-order valence-electron chi connectivity index (χ2n) is 17.5. The van der Waals surface area contributed by atoms with E-state index in [-0.39, 0.29) is 59.1 Å². The van der Waals surface area contributed by atoms with Crippen LogP contribution in [0.25, 0.3) is 0 Å². The first-order valence-electron chi connectivity index (χ1n) is 22.9. The number of ketones is 2. The highest BCUT2D eigenvalue weighted by Gasteiger charge is 2.39. The predicted molar refractivity (Wildman–Crippen MR) is 306 cm³/mol. The number of alkyl halides is 1. The highest BCUT2D eigenvalue weighted by Crippen LogP contribution is 2.39. The Morgan fingerprint density at radius 2 is 1.17 bits per heavy atom. The summed E-state index contributed by atoms with van der Waals surface area (Å²) in [5.41, 5.74) is 16.6. The van der Waals surface area contributed by atoms with Crippen molar-refractivity contribution in [1.82, 2.24) is 4.90 Å². The van der Waals surface area contributed by atoms with Gasteiger partial charge < -0.3 is 16.0 Å². The summed E-state index contributed by atoms with van der Waals surface area (Å²) in [5.74, 6) is 3.50. The van der Waals surface area contributed by atoms with E-state index in [1.54, 1.807) is 53.9 Å². The Morgan fingerprint density at radius 1 is 0.743 bits per heavy atom. The Balaban J connectivity index is 0.00000108. The van der Waals surface area contributed by atoms with Crippen LogP contribution in [0.4, 0.5) is 0 Å². The van der Waals surface area contributed by atoms with Crippen LogP contribution >= 0.6 is 74.2 Å². The molecular weight excluding hydrogens is 1040 g/mol. The van der Waals surface area contributed by atoms with Crippen LogP contribution < -0.4 is 11.5 Å². The number of Topliss-reactive ketones (excluding diaryl/α,β-unsaturated/α-hetero) is 2. The van der Waals surface area contributed by atoms with E-state index in [0.29, 0.717) is 34.0 Å². The SMILES string of the molecule is BrCC1CCC1.C.C.C.C#C.C#CC.CCN1CCc2c(sc(CC(=O)Cc3ccc(Cl)cc3)c2C(N)=O)C1.CC[N+]1(CC2CCC2)CCc2c(sc(CC(=O)Cc3ccc(Cl)cc3)c2C(N)=O)C1.Cl. The molecule has 386 valence electrons. The van der Waals surface area contributed by atoms with E-state index >= 15 is 0 Å². The summed E-state index contributed by atoms with van der Waals surface area (Å²) in [7, 11) is 0. The number of amides is 2. The summed E-state index contributed by atoms with van der Waals surface area (Å²) < 4.78 is 1.11. The van der Waals surface area contributed by atoms with Gasteiger partial charge in [0.1, 0.15) is 18.1 Å². The van der Waals surface area contributed by atoms with Gasteiger partial charge in [0, 0.05) is 81.1 Å². The number of primary amides is 2. The van der Waals surface area contributed by atoms with Gasteiger partial charge >= 0.3 is 0 Å². The molecule has 1 unspecified atom stereocenters. The van der Waals surface area contributed by atoms with Crippen molar-refractivity contribution in [3.63, 3.8) is 0 Å². The molecule has 2 aromatic carbocycles. The van der Waals surface area contributed by atoms with Crippen molar-refractivity contribution in [1.29, 1.82) is 0 Å². The highest BCUT2D eigenvalue weighted by molar-refractivity contribution is 9.09. The highest BCUT2D eigenvalue weighted by atomic mass is 79.9. The van der Waals surface area contributed by atoms with Gasteiger partial charge in [0.05, 0.1) is 35.6 Å². The van der Waals surface area contributed by atoms with Crippen molar-refractivity contribution in [3.05, 3.63) is 111 Å². The van der Waals surface area contributed by atoms with Crippen LogP contribution in [-0.4, -0.2) is 70.8 Å². The van der Waals surface area contributed by atoms with Gasteiger partial charge in [-0.25, -0.2) is 0 Å². The minimum Gasteiger partial charge on any atom is -0.366 e. The lowest BCUT2D eigenvalue weighted by molar-refractivity contribution is -0.944.